The molecule has 1 aromatic carbocycles. The van der Waals surface area contributed by atoms with E-state index in [0.717, 1.165) is 12.1 Å². The average Bonchev–Trinajstić information content (AvgIpc) is 2.73. The van der Waals surface area contributed by atoms with Crippen molar-refractivity contribution in [2.24, 2.45) is 0 Å². The summed E-state index contributed by atoms with van der Waals surface area (Å²) in [7, 11) is 0.539. The maximum atomic E-state index is 12.7. The normalized spacial score (nSPS) is 18.4. The third kappa shape index (κ3) is 5.37. The van der Waals surface area contributed by atoms with Gasteiger partial charge in [0.15, 0.2) is 0 Å². The van der Waals surface area contributed by atoms with Gasteiger partial charge in [-0.25, -0.2) is 0 Å². The predicted molar refractivity (Wildman–Crippen MR) is 93.1 cm³/mol. The molecule has 0 atom stereocenters. The Labute approximate surface area is 156 Å². The van der Waals surface area contributed by atoms with E-state index in [-0.39, 0.29) is 24.2 Å². The molecule has 0 aromatic heterocycles. The lowest BCUT2D eigenvalue weighted by molar-refractivity contribution is -0.274. The van der Waals surface area contributed by atoms with Crippen molar-refractivity contribution in [3.63, 3.8) is 0 Å². The number of benzene rings is 1. The molecule has 150 valence electrons. The zero-order valence-corrected chi connectivity index (χ0v) is 15.9. The number of ether oxygens (including phenoxy) is 2. The molecule has 1 fully saturated rings. The van der Waals surface area contributed by atoms with Crippen molar-refractivity contribution in [3.05, 3.63) is 23.8 Å². The van der Waals surface area contributed by atoms with Crippen molar-refractivity contribution >= 4 is 18.5 Å². The van der Waals surface area contributed by atoms with Gasteiger partial charge in [0.2, 0.25) is 0 Å². The topological polar surface area (TPSA) is 66.0 Å². The molecule has 0 radical (unpaired) electrons. The average molecular weight is 389 g/mol. The van der Waals surface area contributed by atoms with Crippen molar-refractivity contribution in [1.29, 1.82) is 0 Å². The zero-order chi connectivity index (χ0) is 20.5. The number of carbonyl (C=O) groups is 1. The molecule has 0 bridgehead atoms. The summed E-state index contributed by atoms with van der Waals surface area (Å²) in [5.74, 6) is -1.08. The van der Waals surface area contributed by atoms with Crippen LogP contribution >= 0.6 is 0 Å². The van der Waals surface area contributed by atoms with E-state index in [1.807, 2.05) is 27.7 Å². The number of hydrogen-bond acceptors (Lipinski definition) is 5. The Morgan fingerprint density at radius 1 is 1.15 bits per heavy atom. The van der Waals surface area contributed by atoms with Gasteiger partial charge in [-0.3, -0.25) is 4.79 Å². The van der Waals surface area contributed by atoms with Crippen LogP contribution in [0.5, 0.6) is 5.75 Å². The van der Waals surface area contributed by atoms with Gasteiger partial charge in [-0.2, -0.15) is 0 Å². The molecule has 6 nitrogen and oxygen atoms in total. The summed E-state index contributed by atoms with van der Waals surface area (Å²) in [5.41, 5.74) is -1.11. The lowest BCUT2D eigenvalue weighted by Crippen LogP contribution is -2.41. The number of methoxy groups -OCH3 is 1. The van der Waals surface area contributed by atoms with E-state index >= 15 is 0 Å². The van der Waals surface area contributed by atoms with Crippen LogP contribution in [0.15, 0.2) is 18.2 Å². The van der Waals surface area contributed by atoms with Crippen LogP contribution in [0, 0.1) is 0 Å². The van der Waals surface area contributed by atoms with Crippen LogP contribution in [-0.4, -0.2) is 50.9 Å². The Morgan fingerprint density at radius 2 is 1.74 bits per heavy atom. The van der Waals surface area contributed by atoms with E-state index in [9.17, 15) is 18.0 Å². The summed E-state index contributed by atoms with van der Waals surface area (Å²) >= 11 is 0. The van der Waals surface area contributed by atoms with Crippen molar-refractivity contribution in [2.45, 2.75) is 45.3 Å². The molecule has 1 N–H and O–H groups in total. The minimum Gasteiger partial charge on any atom is -0.406 e. The second-order valence-corrected chi connectivity index (χ2v) is 7.18. The zero-order valence-electron chi connectivity index (χ0n) is 15.9. The number of hydrogen-bond donors (Lipinski definition) is 1. The molecule has 1 aliphatic heterocycles. The SMILES string of the molecule is COCCNC(=O)c1cc(OC(F)(F)F)cc(B2OC(C)(C)C(C)(C)O2)c1. The van der Waals surface area contributed by atoms with E-state index in [4.69, 9.17) is 14.0 Å². The largest absolute Gasteiger partial charge is 0.573 e. The number of alkyl halides is 3. The van der Waals surface area contributed by atoms with Gasteiger partial charge in [0.1, 0.15) is 5.75 Å². The Kier molecular flexibility index (Phi) is 6.13. The molecule has 10 heteroatoms. The number of halogens is 3. The first-order valence-corrected chi connectivity index (χ1v) is 8.38. The summed E-state index contributed by atoms with van der Waals surface area (Å²) in [6.45, 7) is 7.77. The Bertz CT molecular complexity index is 678. The second kappa shape index (κ2) is 7.69. The van der Waals surface area contributed by atoms with Crippen molar-refractivity contribution in [2.75, 3.05) is 20.3 Å². The molecule has 0 spiro atoms. The quantitative estimate of drug-likeness (QED) is 0.598. The Hall–Kier alpha value is -1.78. The third-order valence-electron chi connectivity index (χ3n) is 4.54. The van der Waals surface area contributed by atoms with Gasteiger partial charge in [-0.15, -0.1) is 13.2 Å². The molecule has 0 aliphatic carbocycles. The van der Waals surface area contributed by atoms with Crippen molar-refractivity contribution in [3.8, 4) is 5.75 Å². The summed E-state index contributed by atoms with van der Waals surface area (Å²) in [6.07, 6.45) is -4.89. The molecule has 2 rings (SSSR count). The highest BCUT2D eigenvalue weighted by molar-refractivity contribution is 6.62. The van der Waals surface area contributed by atoms with Crippen LogP contribution in [0.3, 0.4) is 0 Å². The molecule has 1 amide bonds. The minimum atomic E-state index is -4.89. The summed E-state index contributed by atoms with van der Waals surface area (Å²) < 4.78 is 58.6. The smallest absolute Gasteiger partial charge is 0.406 e. The van der Waals surface area contributed by atoms with Gasteiger partial charge in [-0.1, -0.05) is 0 Å². The van der Waals surface area contributed by atoms with Gasteiger partial charge in [-0.05, 0) is 51.4 Å². The van der Waals surface area contributed by atoms with Crippen LogP contribution in [0.4, 0.5) is 13.2 Å². The molecular formula is C17H23BF3NO5. The van der Waals surface area contributed by atoms with Crippen LogP contribution in [0.25, 0.3) is 0 Å². The lowest BCUT2D eigenvalue weighted by Gasteiger charge is -2.32. The van der Waals surface area contributed by atoms with Gasteiger partial charge < -0.3 is 24.1 Å². The highest BCUT2D eigenvalue weighted by Crippen LogP contribution is 2.37. The van der Waals surface area contributed by atoms with E-state index in [2.05, 4.69) is 10.1 Å². The summed E-state index contributed by atoms with van der Waals surface area (Å²) in [5, 5.41) is 2.56. The van der Waals surface area contributed by atoms with Gasteiger partial charge in [0, 0.05) is 19.2 Å². The summed E-state index contributed by atoms with van der Waals surface area (Å²) in [4.78, 5) is 12.3. The number of amides is 1. The standard InChI is InChI=1S/C17H23BF3NO5/c1-15(2)16(3,4)27-18(26-15)12-8-11(14(23)22-6-7-24-5)9-13(10-12)25-17(19,20)21/h8-10H,6-7H2,1-5H3,(H,22,23). The van der Waals surface area contributed by atoms with Crippen LogP contribution in [0.1, 0.15) is 38.1 Å². The van der Waals surface area contributed by atoms with E-state index in [1.165, 1.54) is 13.2 Å². The third-order valence-corrected chi connectivity index (χ3v) is 4.54. The van der Waals surface area contributed by atoms with Crippen molar-refractivity contribution in [1.82, 2.24) is 5.32 Å². The van der Waals surface area contributed by atoms with Crippen molar-refractivity contribution < 1.29 is 36.7 Å². The highest BCUT2D eigenvalue weighted by atomic mass is 19.4. The van der Waals surface area contributed by atoms with Gasteiger partial charge in [0.05, 0.1) is 17.8 Å². The van der Waals surface area contributed by atoms with E-state index in [1.54, 1.807) is 0 Å². The highest BCUT2D eigenvalue weighted by Gasteiger charge is 2.52. The number of nitrogens with one attached hydrogen (secondary N) is 1. The first-order valence-electron chi connectivity index (χ1n) is 8.38. The summed E-state index contributed by atoms with van der Waals surface area (Å²) in [6, 6.07) is 3.60. The minimum absolute atomic E-state index is 0.00225. The first-order chi connectivity index (χ1) is 12.3. The fourth-order valence-electron chi connectivity index (χ4n) is 2.43. The predicted octanol–water partition coefficient (Wildman–Crippen LogP) is 2.26. The number of rotatable bonds is 6. The number of carbonyl (C=O) groups excluding carboxylic acids is 1. The fraction of sp³-hybridized carbons (Fsp3) is 0.588. The first kappa shape index (κ1) is 21.5. The molecule has 0 saturated carbocycles. The molecule has 1 aliphatic rings. The lowest BCUT2D eigenvalue weighted by atomic mass is 9.78. The van der Waals surface area contributed by atoms with Crippen LogP contribution in [0.2, 0.25) is 0 Å². The maximum absolute atomic E-state index is 12.7. The Balaban J connectivity index is 2.34. The van der Waals surface area contributed by atoms with E-state index in [0.29, 0.717) is 0 Å². The van der Waals surface area contributed by atoms with E-state index < -0.39 is 36.3 Å². The van der Waals surface area contributed by atoms with Crippen LogP contribution < -0.4 is 15.5 Å². The molecular weight excluding hydrogens is 366 g/mol. The maximum Gasteiger partial charge on any atom is 0.573 e. The molecule has 0 unspecified atom stereocenters. The fourth-order valence-corrected chi connectivity index (χ4v) is 2.43. The molecule has 1 heterocycles. The molecule has 27 heavy (non-hydrogen) atoms. The monoisotopic (exact) mass is 389 g/mol. The Morgan fingerprint density at radius 3 is 2.26 bits per heavy atom. The van der Waals surface area contributed by atoms with Gasteiger partial charge in [0.25, 0.3) is 5.91 Å². The molecule has 1 saturated heterocycles. The van der Waals surface area contributed by atoms with Crippen LogP contribution in [-0.2, 0) is 14.0 Å². The van der Waals surface area contributed by atoms with Gasteiger partial charge >= 0.3 is 13.5 Å². The molecule has 1 aromatic rings. The second-order valence-electron chi connectivity index (χ2n) is 7.18.